The summed E-state index contributed by atoms with van der Waals surface area (Å²) in [7, 11) is 1.86. The third-order valence-corrected chi connectivity index (χ3v) is 5.09. The molecule has 1 atom stereocenters. The molecule has 0 amide bonds. The van der Waals surface area contributed by atoms with Crippen LogP contribution < -0.4 is 10.2 Å². The molecule has 7 heteroatoms. The molecular formula is C19H25IN6. The van der Waals surface area contributed by atoms with Gasteiger partial charge >= 0.3 is 0 Å². The number of aromatic nitrogens is 2. The molecule has 1 aliphatic carbocycles. The largest absolute Gasteiger partial charge is 0.356 e. The summed E-state index contributed by atoms with van der Waals surface area (Å²) >= 11 is 0. The Labute approximate surface area is 171 Å². The molecule has 1 saturated heterocycles. The van der Waals surface area contributed by atoms with Gasteiger partial charge in [0, 0.05) is 58.1 Å². The van der Waals surface area contributed by atoms with E-state index in [1.54, 1.807) is 12.4 Å². The van der Waals surface area contributed by atoms with Crippen LogP contribution in [0.5, 0.6) is 0 Å². The number of hydrogen-bond acceptors (Lipinski definition) is 4. The van der Waals surface area contributed by atoms with Gasteiger partial charge in [0.15, 0.2) is 5.96 Å². The number of guanidine groups is 1. The first-order valence-corrected chi connectivity index (χ1v) is 8.90. The lowest BCUT2D eigenvalue weighted by Gasteiger charge is -2.37. The molecule has 1 unspecified atom stereocenters. The van der Waals surface area contributed by atoms with Crippen LogP contribution in [0.3, 0.4) is 0 Å². The highest BCUT2D eigenvalue weighted by atomic mass is 127. The van der Waals surface area contributed by atoms with Crippen LogP contribution in [-0.4, -0.2) is 60.6 Å². The van der Waals surface area contributed by atoms with Gasteiger partial charge in [-0.25, -0.2) is 9.97 Å². The number of rotatable bonds is 3. The monoisotopic (exact) mass is 464 g/mol. The first-order chi connectivity index (χ1) is 12.3. The summed E-state index contributed by atoms with van der Waals surface area (Å²) in [6.07, 6.45) is 4.76. The van der Waals surface area contributed by atoms with Crippen LogP contribution >= 0.6 is 24.0 Å². The average Bonchev–Trinajstić information content (AvgIpc) is 2.66. The van der Waals surface area contributed by atoms with Crippen molar-refractivity contribution >= 4 is 35.9 Å². The molecule has 1 fully saturated rings. The van der Waals surface area contributed by atoms with Crippen LogP contribution in [-0.2, 0) is 6.42 Å². The summed E-state index contributed by atoms with van der Waals surface area (Å²) in [4.78, 5) is 17.7. The summed E-state index contributed by atoms with van der Waals surface area (Å²) in [6, 6.07) is 10.6. The third-order valence-electron chi connectivity index (χ3n) is 5.09. The predicted molar refractivity (Wildman–Crippen MR) is 115 cm³/mol. The number of hydrogen-bond donors (Lipinski definition) is 1. The van der Waals surface area contributed by atoms with Crippen molar-refractivity contribution in [2.75, 3.05) is 44.7 Å². The van der Waals surface area contributed by atoms with Crippen LogP contribution in [0, 0.1) is 0 Å². The molecule has 1 aromatic carbocycles. The average molecular weight is 464 g/mol. The second kappa shape index (κ2) is 8.66. The van der Waals surface area contributed by atoms with Gasteiger partial charge in [0.05, 0.1) is 0 Å². The van der Waals surface area contributed by atoms with Gasteiger partial charge in [0.1, 0.15) is 0 Å². The van der Waals surface area contributed by atoms with E-state index in [2.05, 4.69) is 54.3 Å². The number of piperazine rings is 1. The molecule has 2 aliphatic rings. The molecular weight excluding hydrogens is 439 g/mol. The van der Waals surface area contributed by atoms with E-state index in [1.165, 1.54) is 17.5 Å². The Morgan fingerprint density at radius 1 is 1.12 bits per heavy atom. The molecule has 0 spiro atoms. The predicted octanol–water partition coefficient (Wildman–Crippen LogP) is 2.13. The number of nitrogens with one attached hydrogen (secondary N) is 1. The Hall–Kier alpha value is -1.90. The van der Waals surface area contributed by atoms with Crippen LogP contribution in [0.15, 0.2) is 47.7 Å². The summed E-state index contributed by atoms with van der Waals surface area (Å²) < 4.78 is 0. The molecule has 6 nitrogen and oxygen atoms in total. The Morgan fingerprint density at radius 2 is 1.85 bits per heavy atom. The Morgan fingerprint density at radius 3 is 2.54 bits per heavy atom. The smallest absolute Gasteiger partial charge is 0.225 e. The summed E-state index contributed by atoms with van der Waals surface area (Å²) in [5.41, 5.74) is 2.97. The Bertz CT molecular complexity index is 743. The molecule has 1 N–H and O–H groups in total. The molecule has 4 rings (SSSR count). The van der Waals surface area contributed by atoms with Gasteiger partial charge in [-0.1, -0.05) is 24.3 Å². The zero-order valence-electron chi connectivity index (χ0n) is 15.0. The number of fused-ring (bicyclic) bond motifs is 1. The number of halogens is 1. The molecule has 1 aromatic heterocycles. The summed E-state index contributed by atoms with van der Waals surface area (Å²) in [5.74, 6) is 2.42. The molecule has 138 valence electrons. The fraction of sp³-hybridized carbons (Fsp3) is 0.421. The quantitative estimate of drug-likeness (QED) is 0.429. The van der Waals surface area contributed by atoms with Gasteiger partial charge in [-0.15, -0.1) is 24.0 Å². The normalized spacial score (nSPS) is 19.3. The minimum atomic E-state index is 0. The first kappa shape index (κ1) is 18.9. The van der Waals surface area contributed by atoms with Gasteiger partial charge in [0.2, 0.25) is 5.95 Å². The minimum Gasteiger partial charge on any atom is -0.356 e. The molecule has 2 aromatic rings. The second-order valence-corrected chi connectivity index (χ2v) is 6.55. The number of anilines is 1. The fourth-order valence-corrected chi connectivity index (χ4v) is 3.66. The van der Waals surface area contributed by atoms with E-state index < -0.39 is 0 Å². The third kappa shape index (κ3) is 3.92. The van der Waals surface area contributed by atoms with Crippen molar-refractivity contribution in [2.24, 2.45) is 4.99 Å². The standard InChI is InChI=1S/C19H24N6.HI/c1-20-18(23-14-16-13-15-5-2-3-6-17(15)16)24-9-11-25(12-10-24)19-21-7-4-8-22-19;/h2-8,16H,9-14H2,1H3,(H,20,23);1H. The maximum atomic E-state index is 4.48. The summed E-state index contributed by atoms with van der Waals surface area (Å²) in [5, 5.41) is 3.56. The molecule has 0 radical (unpaired) electrons. The molecule has 0 bridgehead atoms. The minimum absolute atomic E-state index is 0. The van der Waals surface area contributed by atoms with Gasteiger partial charge < -0.3 is 15.1 Å². The van der Waals surface area contributed by atoms with E-state index in [1.807, 2.05) is 13.1 Å². The highest BCUT2D eigenvalue weighted by molar-refractivity contribution is 14.0. The maximum absolute atomic E-state index is 4.48. The number of nitrogens with zero attached hydrogens (tertiary/aromatic N) is 5. The van der Waals surface area contributed by atoms with E-state index in [0.29, 0.717) is 5.92 Å². The fourth-order valence-electron chi connectivity index (χ4n) is 3.66. The van der Waals surface area contributed by atoms with E-state index in [4.69, 9.17) is 0 Å². The van der Waals surface area contributed by atoms with E-state index in [0.717, 1.165) is 44.6 Å². The molecule has 2 heterocycles. The van der Waals surface area contributed by atoms with E-state index in [9.17, 15) is 0 Å². The first-order valence-electron chi connectivity index (χ1n) is 8.90. The zero-order valence-corrected chi connectivity index (χ0v) is 17.3. The van der Waals surface area contributed by atoms with Crippen molar-refractivity contribution in [2.45, 2.75) is 12.3 Å². The van der Waals surface area contributed by atoms with Crippen molar-refractivity contribution in [1.82, 2.24) is 20.2 Å². The summed E-state index contributed by atoms with van der Waals surface area (Å²) in [6.45, 7) is 4.64. The van der Waals surface area contributed by atoms with Crippen molar-refractivity contribution in [1.29, 1.82) is 0 Å². The Kier molecular flexibility index (Phi) is 6.29. The van der Waals surface area contributed by atoms with Crippen LogP contribution in [0.4, 0.5) is 5.95 Å². The Balaban J connectivity index is 0.00000196. The SMILES string of the molecule is CN=C(NCC1Cc2ccccc21)N1CCN(c2ncccn2)CC1.I. The number of aliphatic imine (C=N–C) groups is 1. The van der Waals surface area contributed by atoms with Crippen molar-refractivity contribution < 1.29 is 0 Å². The molecule has 1 aliphatic heterocycles. The lowest BCUT2D eigenvalue weighted by Crippen LogP contribution is -2.53. The van der Waals surface area contributed by atoms with Crippen LogP contribution in [0.2, 0.25) is 0 Å². The second-order valence-electron chi connectivity index (χ2n) is 6.55. The van der Waals surface area contributed by atoms with Crippen molar-refractivity contribution in [3.8, 4) is 0 Å². The highest BCUT2D eigenvalue weighted by Gasteiger charge is 2.26. The molecule has 0 saturated carbocycles. The molecule has 26 heavy (non-hydrogen) atoms. The van der Waals surface area contributed by atoms with Crippen molar-refractivity contribution in [3.05, 3.63) is 53.9 Å². The van der Waals surface area contributed by atoms with Crippen molar-refractivity contribution in [3.63, 3.8) is 0 Å². The highest BCUT2D eigenvalue weighted by Crippen LogP contribution is 2.34. The van der Waals surface area contributed by atoms with Crippen LogP contribution in [0.1, 0.15) is 17.0 Å². The lowest BCUT2D eigenvalue weighted by atomic mass is 9.78. The van der Waals surface area contributed by atoms with E-state index in [-0.39, 0.29) is 24.0 Å². The van der Waals surface area contributed by atoms with E-state index >= 15 is 0 Å². The number of benzene rings is 1. The van der Waals surface area contributed by atoms with Gasteiger partial charge in [-0.3, -0.25) is 4.99 Å². The maximum Gasteiger partial charge on any atom is 0.225 e. The zero-order chi connectivity index (χ0) is 17.1. The lowest BCUT2D eigenvalue weighted by molar-refractivity contribution is 0.368. The van der Waals surface area contributed by atoms with Gasteiger partial charge in [0.25, 0.3) is 0 Å². The van der Waals surface area contributed by atoms with Crippen LogP contribution in [0.25, 0.3) is 0 Å². The topological polar surface area (TPSA) is 56.7 Å². The van der Waals surface area contributed by atoms with Gasteiger partial charge in [-0.2, -0.15) is 0 Å². The van der Waals surface area contributed by atoms with Gasteiger partial charge in [-0.05, 0) is 23.6 Å².